The molecule has 0 radical (unpaired) electrons. The number of benzene rings is 5. The molecule has 0 aromatic heterocycles. The molecule has 0 atom stereocenters. The fourth-order valence-electron chi connectivity index (χ4n) is 3.97. The molecule has 0 heterocycles. The molecule has 39 heavy (non-hydrogen) atoms. The van der Waals surface area contributed by atoms with E-state index < -0.39 is 20.0 Å². The standard InChI is InChI=1S/C30H26N2O5S2/c1-21-7-14-27(15-8-21)38(33,34)31-29-18-13-26(37-25-12-11-23-5-3-4-6-24(23)19-25)20-30(29)32-39(35,36)28-16-9-22(2)10-17-28/h3-20,31-32H,1-2H3. The van der Waals surface area contributed by atoms with Crippen LogP contribution >= 0.6 is 0 Å². The zero-order chi connectivity index (χ0) is 27.6. The van der Waals surface area contributed by atoms with Crippen LogP contribution in [0.1, 0.15) is 11.1 Å². The Hall–Kier alpha value is -4.34. The Morgan fingerprint density at radius 1 is 0.513 bits per heavy atom. The van der Waals surface area contributed by atoms with Gasteiger partial charge in [0.25, 0.3) is 20.0 Å². The Balaban J connectivity index is 1.52. The van der Waals surface area contributed by atoms with Crippen molar-refractivity contribution < 1.29 is 21.6 Å². The van der Waals surface area contributed by atoms with Gasteiger partial charge in [-0.2, -0.15) is 0 Å². The van der Waals surface area contributed by atoms with E-state index in [0.29, 0.717) is 11.5 Å². The van der Waals surface area contributed by atoms with Gasteiger partial charge in [-0.25, -0.2) is 16.8 Å². The summed E-state index contributed by atoms with van der Waals surface area (Å²) in [6.45, 7) is 3.71. The average molecular weight is 559 g/mol. The lowest BCUT2D eigenvalue weighted by molar-refractivity contribution is 0.484. The highest BCUT2D eigenvalue weighted by Gasteiger charge is 2.21. The van der Waals surface area contributed by atoms with Crippen LogP contribution in [0.25, 0.3) is 10.8 Å². The van der Waals surface area contributed by atoms with E-state index in [-0.39, 0.29) is 21.2 Å². The molecule has 9 heteroatoms. The Morgan fingerprint density at radius 3 is 1.59 bits per heavy atom. The molecule has 0 unspecified atom stereocenters. The number of fused-ring (bicyclic) bond motifs is 1. The first kappa shape index (κ1) is 26.3. The third-order valence-electron chi connectivity index (χ3n) is 6.10. The van der Waals surface area contributed by atoms with Crippen LogP contribution in [0.2, 0.25) is 0 Å². The van der Waals surface area contributed by atoms with E-state index in [0.717, 1.165) is 21.9 Å². The highest BCUT2D eigenvalue weighted by Crippen LogP contribution is 2.34. The lowest BCUT2D eigenvalue weighted by atomic mass is 10.1. The summed E-state index contributed by atoms with van der Waals surface area (Å²) in [7, 11) is -8.04. The maximum Gasteiger partial charge on any atom is 0.261 e. The van der Waals surface area contributed by atoms with Crippen molar-refractivity contribution in [2.45, 2.75) is 23.6 Å². The summed E-state index contributed by atoms with van der Waals surface area (Å²) >= 11 is 0. The smallest absolute Gasteiger partial charge is 0.261 e. The molecule has 5 aromatic rings. The molecule has 7 nitrogen and oxygen atoms in total. The van der Waals surface area contributed by atoms with Gasteiger partial charge in [-0.1, -0.05) is 65.7 Å². The minimum absolute atomic E-state index is 0.0181. The Morgan fingerprint density at radius 2 is 1.00 bits per heavy atom. The molecule has 5 aromatic carbocycles. The molecule has 2 N–H and O–H groups in total. The molecule has 5 rings (SSSR count). The number of aryl methyl sites for hydroxylation is 2. The van der Waals surface area contributed by atoms with Crippen molar-refractivity contribution in [1.82, 2.24) is 0 Å². The van der Waals surface area contributed by atoms with Gasteiger partial charge in [0.1, 0.15) is 11.5 Å². The predicted molar refractivity (Wildman–Crippen MR) is 154 cm³/mol. The van der Waals surface area contributed by atoms with Gasteiger partial charge in [0.2, 0.25) is 0 Å². The topological polar surface area (TPSA) is 102 Å². The van der Waals surface area contributed by atoms with Crippen LogP contribution in [0.3, 0.4) is 0 Å². The molecular formula is C30H26N2O5S2. The molecule has 0 bridgehead atoms. The van der Waals surface area contributed by atoms with Crippen LogP contribution in [0, 0.1) is 13.8 Å². The van der Waals surface area contributed by atoms with Crippen LogP contribution < -0.4 is 14.2 Å². The van der Waals surface area contributed by atoms with Gasteiger partial charge in [-0.15, -0.1) is 0 Å². The number of nitrogens with one attached hydrogen (secondary N) is 2. The number of anilines is 2. The van der Waals surface area contributed by atoms with Gasteiger partial charge in [-0.05, 0) is 73.2 Å². The van der Waals surface area contributed by atoms with Crippen molar-refractivity contribution in [3.05, 3.63) is 120 Å². The third-order valence-corrected chi connectivity index (χ3v) is 8.86. The minimum Gasteiger partial charge on any atom is -0.457 e. The summed E-state index contributed by atoms with van der Waals surface area (Å²) in [5, 5.41) is 2.04. The molecule has 0 fully saturated rings. The molecule has 0 aliphatic heterocycles. The fraction of sp³-hybridized carbons (Fsp3) is 0.0667. The fourth-order valence-corrected chi connectivity index (χ4v) is 6.12. The summed E-state index contributed by atoms with van der Waals surface area (Å²) in [5.74, 6) is 0.874. The van der Waals surface area contributed by atoms with Crippen LogP contribution in [-0.2, 0) is 20.0 Å². The molecule has 0 saturated carbocycles. The first-order valence-electron chi connectivity index (χ1n) is 12.1. The van der Waals surface area contributed by atoms with Crippen LogP contribution in [0.5, 0.6) is 11.5 Å². The number of hydrogen-bond donors (Lipinski definition) is 2. The molecule has 0 aliphatic rings. The second-order valence-corrected chi connectivity index (χ2v) is 12.5. The molecule has 0 saturated heterocycles. The van der Waals surface area contributed by atoms with Gasteiger partial charge in [0.05, 0.1) is 21.2 Å². The van der Waals surface area contributed by atoms with E-state index in [1.165, 1.54) is 36.4 Å². The van der Waals surface area contributed by atoms with E-state index in [9.17, 15) is 16.8 Å². The average Bonchev–Trinajstić information content (AvgIpc) is 2.90. The van der Waals surface area contributed by atoms with Crippen molar-refractivity contribution in [2.24, 2.45) is 0 Å². The summed E-state index contributed by atoms with van der Waals surface area (Å²) < 4.78 is 63.8. The zero-order valence-corrected chi connectivity index (χ0v) is 22.9. The molecule has 198 valence electrons. The lowest BCUT2D eigenvalue weighted by Crippen LogP contribution is -2.17. The number of ether oxygens (including phenoxy) is 1. The first-order chi connectivity index (χ1) is 18.6. The van der Waals surface area contributed by atoms with Gasteiger partial charge < -0.3 is 4.74 Å². The van der Waals surface area contributed by atoms with Crippen LogP contribution in [0.15, 0.2) is 119 Å². The highest BCUT2D eigenvalue weighted by molar-refractivity contribution is 7.93. The minimum atomic E-state index is -4.04. The summed E-state index contributed by atoms with van der Waals surface area (Å²) in [6.07, 6.45) is 0. The van der Waals surface area contributed by atoms with Crippen molar-refractivity contribution in [1.29, 1.82) is 0 Å². The Kier molecular flexibility index (Phi) is 7.03. The normalized spacial score (nSPS) is 11.7. The largest absolute Gasteiger partial charge is 0.457 e. The quantitative estimate of drug-likeness (QED) is 0.217. The predicted octanol–water partition coefficient (Wildman–Crippen LogP) is 6.85. The van der Waals surface area contributed by atoms with Crippen molar-refractivity contribution in [3.8, 4) is 11.5 Å². The van der Waals surface area contributed by atoms with E-state index in [2.05, 4.69) is 9.44 Å². The maximum atomic E-state index is 13.2. The van der Waals surface area contributed by atoms with E-state index in [4.69, 9.17) is 4.74 Å². The van der Waals surface area contributed by atoms with E-state index in [1.807, 2.05) is 56.3 Å². The lowest BCUT2D eigenvalue weighted by Gasteiger charge is -2.17. The summed E-state index contributed by atoms with van der Waals surface area (Å²) in [5.41, 5.74) is 1.89. The highest BCUT2D eigenvalue weighted by atomic mass is 32.2. The third kappa shape index (κ3) is 6.05. The van der Waals surface area contributed by atoms with Crippen molar-refractivity contribution in [3.63, 3.8) is 0 Å². The van der Waals surface area contributed by atoms with Crippen molar-refractivity contribution in [2.75, 3.05) is 9.44 Å². The zero-order valence-electron chi connectivity index (χ0n) is 21.3. The monoisotopic (exact) mass is 558 g/mol. The van der Waals surface area contributed by atoms with Crippen LogP contribution in [-0.4, -0.2) is 16.8 Å². The number of hydrogen-bond acceptors (Lipinski definition) is 5. The summed E-state index contributed by atoms with van der Waals surface area (Å²) in [4.78, 5) is 0.0956. The summed E-state index contributed by atoms with van der Waals surface area (Å²) in [6, 6.07) is 30.7. The maximum absolute atomic E-state index is 13.2. The molecule has 0 spiro atoms. The van der Waals surface area contributed by atoms with E-state index >= 15 is 0 Å². The van der Waals surface area contributed by atoms with Crippen molar-refractivity contribution >= 4 is 42.2 Å². The molecule has 0 aliphatic carbocycles. The number of sulfonamides is 2. The van der Waals surface area contributed by atoms with E-state index in [1.54, 1.807) is 30.3 Å². The van der Waals surface area contributed by atoms with Gasteiger partial charge in [0, 0.05) is 6.07 Å². The Bertz CT molecular complexity index is 1870. The second-order valence-electron chi connectivity index (χ2n) is 9.16. The van der Waals surface area contributed by atoms with Gasteiger partial charge in [0.15, 0.2) is 0 Å². The van der Waals surface area contributed by atoms with Gasteiger partial charge >= 0.3 is 0 Å². The molecule has 0 amide bonds. The number of rotatable bonds is 8. The van der Waals surface area contributed by atoms with Crippen LogP contribution in [0.4, 0.5) is 11.4 Å². The molecular weight excluding hydrogens is 532 g/mol. The van der Waals surface area contributed by atoms with Gasteiger partial charge in [-0.3, -0.25) is 9.44 Å². The Labute approximate surface area is 228 Å². The SMILES string of the molecule is Cc1ccc(S(=O)(=O)Nc2ccc(Oc3ccc4ccccc4c3)cc2NS(=O)(=O)c2ccc(C)cc2)cc1. The first-order valence-corrected chi connectivity index (χ1v) is 15.1. The second kappa shape index (κ2) is 10.4.